The van der Waals surface area contributed by atoms with Gasteiger partial charge in [0, 0.05) is 19.4 Å². The zero-order chi connectivity index (χ0) is 11.5. The van der Waals surface area contributed by atoms with E-state index in [1.54, 1.807) is 11.1 Å². The highest BCUT2D eigenvalue weighted by Gasteiger charge is 2.23. The van der Waals surface area contributed by atoms with Crippen LogP contribution in [-0.4, -0.2) is 25.3 Å². The molecule has 1 heterocycles. The minimum absolute atomic E-state index is 0.521. The fraction of sp³-hybridized carbons (Fsp3) is 0.600. The maximum Gasteiger partial charge on any atom is 0.106 e. The largest absolute Gasteiger partial charge is 0.372 e. The highest BCUT2D eigenvalue weighted by Crippen LogP contribution is 2.19. The zero-order valence-corrected chi connectivity index (χ0v) is 10.4. The maximum absolute atomic E-state index is 5.68. The van der Waals surface area contributed by atoms with Gasteiger partial charge in [0.1, 0.15) is 12.6 Å². The van der Waals surface area contributed by atoms with Gasteiger partial charge in [-0.15, -0.1) is 0 Å². The lowest BCUT2D eigenvalue weighted by atomic mass is 9.88. The molecule has 1 fully saturated rings. The molecule has 1 aromatic carbocycles. The first-order valence-corrected chi connectivity index (χ1v) is 6.93. The van der Waals surface area contributed by atoms with Gasteiger partial charge < -0.3 is 10.1 Å². The van der Waals surface area contributed by atoms with E-state index in [2.05, 4.69) is 29.6 Å². The van der Waals surface area contributed by atoms with E-state index in [4.69, 9.17) is 4.74 Å². The molecular formula is C15H22NO+. The molecule has 17 heavy (non-hydrogen) atoms. The smallest absolute Gasteiger partial charge is 0.106 e. The van der Waals surface area contributed by atoms with Gasteiger partial charge in [0.15, 0.2) is 0 Å². The quantitative estimate of drug-likeness (QED) is 0.835. The van der Waals surface area contributed by atoms with Crippen molar-refractivity contribution < 1.29 is 10.1 Å². The number of rotatable bonds is 3. The third kappa shape index (κ3) is 2.70. The highest BCUT2D eigenvalue weighted by atomic mass is 16.5. The molecule has 2 aliphatic rings. The molecule has 1 aliphatic carbocycles. The lowest BCUT2D eigenvalue weighted by Gasteiger charge is -2.23. The van der Waals surface area contributed by atoms with Crippen LogP contribution in [0.3, 0.4) is 0 Å². The van der Waals surface area contributed by atoms with Crippen molar-refractivity contribution in [1.29, 1.82) is 0 Å². The molecular weight excluding hydrogens is 210 g/mol. The van der Waals surface area contributed by atoms with E-state index in [0.717, 1.165) is 19.2 Å². The second kappa shape index (κ2) is 5.19. The lowest BCUT2D eigenvalue weighted by Crippen LogP contribution is -2.92. The molecule has 92 valence electrons. The van der Waals surface area contributed by atoms with E-state index < -0.39 is 0 Å². The van der Waals surface area contributed by atoms with Crippen LogP contribution in [0.5, 0.6) is 0 Å². The molecule has 0 radical (unpaired) electrons. The summed E-state index contributed by atoms with van der Waals surface area (Å²) in [7, 11) is 0. The Hall–Kier alpha value is -0.860. The normalized spacial score (nSPS) is 28.0. The molecule has 2 N–H and O–H groups in total. The fourth-order valence-electron chi connectivity index (χ4n) is 3.10. The van der Waals surface area contributed by atoms with Crippen molar-refractivity contribution in [2.24, 2.45) is 0 Å². The van der Waals surface area contributed by atoms with Gasteiger partial charge in [0.05, 0.1) is 6.04 Å². The van der Waals surface area contributed by atoms with Gasteiger partial charge in [-0.2, -0.15) is 0 Å². The van der Waals surface area contributed by atoms with Crippen LogP contribution < -0.4 is 5.32 Å². The van der Waals surface area contributed by atoms with Gasteiger partial charge in [-0.05, 0) is 30.4 Å². The van der Waals surface area contributed by atoms with E-state index in [9.17, 15) is 0 Å². The molecule has 0 spiro atoms. The van der Waals surface area contributed by atoms with Crippen molar-refractivity contribution in [3.63, 3.8) is 0 Å². The summed E-state index contributed by atoms with van der Waals surface area (Å²) >= 11 is 0. The second-order valence-corrected chi connectivity index (χ2v) is 5.38. The summed E-state index contributed by atoms with van der Waals surface area (Å²) < 4.78 is 5.68. The van der Waals surface area contributed by atoms with Crippen molar-refractivity contribution >= 4 is 0 Å². The fourth-order valence-corrected chi connectivity index (χ4v) is 3.10. The number of ether oxygens (including phenoxy) is 1. The third-order valence-corrected chi connectivity index (χ3v) is 4.14. The summed E-state index contributed by atoms with van der Waals surface area (Å²) in [5.74, 6) is 0. The SMILES string of the molecule is c1ccc2c(c1)CC[C@@H]([NH2+]C[C@H]1CCCO1)C2. The van der Waals surface area contributed by atoms with Crippen LogP contribution in [0.4, 0.5) is 0 Å². The predicted octanol–water partition coefficient (Wildman–Crippen LogP) is 1.29. The zero-order valence-electron chi connectivity index (χ0n) is 10.4. The number of nitrogens with two attached hydrogens (primary N) is 1. The van der Waals surface area contributed by atoms with E-state index >= 15 is 0 Å². The minimum Gasteiger partial charge on any atom is -0.372 e. The number of hydrogen-bond donors (Lipinski definition) is 1. The van der Waals surface area contributed by atoms with Crippen LogP contribution in [0.1, 0.15) is 30.4 Å². The molecule has 2 heteroatoms. The molecule has 2 nitrogen and oxygen atoms in total. The number of aryl methyl sites for hydroxylation is 1. The molecule has 1 saturated heterocycles. The van der Waals surface area contributed by atoms with Gasteiger partial charge in [-0.25, -0.2) is 0 Å². The third-order valence-electron chi connectivity index (χ3n) is 4.14. The van der Waals surface area contributed by atoms with Crippen molar-refractivity contribution in [1.82, 2.24) is 0 Å². The Balaban J connectivity index is 1.53. The standard InChI is InChI=1S/C15H21NO/c1-2-5-13-10-14(8-7-12(13)4-1)16-11-15-6-3-9-17-15/h1-2,4-5,14-16H,3,6-11H2/p+1/t14-,15-/m1/s1. The predicted molar refractivity (Wildman–Crippen MR) is 68.0 cm³/mol. The Morgan fingerprint density at radius 1 is 1.18 bits per heavy atom. The summed E-state index contributed by atoms with van der Waals surface area (Å²) in [6, 6.07) is 9.68. The van der Waals surface area contributed by atoms with Crippen LogP contribution in [0.25, 0.3) is 0 Å². The molecule has 0 saturated carbocycles. The van der Waals surface area contributed by atoms with Crippen molar-refractivity contribution in [2.45, 2.75) is 44.2 Å². The monoisotopic (exact) mass is 232 g/mol. The Morgan fingerprint density at radius 2 is 2.06 bits per heavy atom. The molecule has 2 atom stereocenters. The number of benzene rings is 1. The van der Waals surface area contributed by atoms with E-state index in [-0.39, 0.29) is 0 Å². The Labute approximate surface area is 103 Å². The van der Waals surface area contributed by atoms with E-state index in [1.165, 1.54) is 32.1 Å². The Morgan fingerprint density at radius 3 is 2.88 bits per heavy atom. The van der Waals surface area contributed by atoms with Gasteiger partial charge >= 0.3 is 0 Å². The Bertz CT molecular complexity index is 371. The van der Waals surface area contributed by atoms with Gasteiger partial charge in [-0.1, -0.05) is 24.3 Å². The van der Waals surface area contributed by atoms with Gasteiger partial charge in [0.25, 0.3) is 0 Å². The lowest BCUT2D eigenvalue weighted by molar-refractivity contribution is -0.695. The Kier molecular flexibility index (Phi) is 3.44. The topological polar surface area (TPSA) is 25.8 Å². The first-order valence-electron chi connectivity index (χ1n) is 6.93. The van der Waals surface area contributed by atoms with Crippen molar-refractivity contribution in [3.05, 3.63) is 35.4 Å². The van der Waals surface area contributed by atoms with E-state index in [0.29, 0.717) is 6.10 Å². The summed E-state index contributed by atoms with van der Waals surface area (Å²) in [5, 5.41) is 2.52. The minimum atomic E-state index is 0.521. The average molecular weight is 232 g/mol. The van der Waals surface area contributed by atoms with Crippen molar-refractivity contribution in [3.8, 4) is 0 Å². The first kappa shape index (κ1) is 11.2. The summed E-state index contributed by atoms with van der Waals surface area (Å²) in [4.78, 5) is 0. The van der Waals surface area contributed by atoms with E-state index in [1.807, 2.05) is 0 Å². The van der Waals surface area contributed by atoms with Crippen LogP contribution in [0, 0.1) is 0 Å². The highest BCUT2D eigenvalue weighted by molar-refractivity contribution is 5.29. The molecule has 0 bridgehead atoms. The molecule has 0 unspecified atom stereocenters. The summed E-state index contributed by atoms with van der Waals surface area (Å²) in [6.07, 6.45) is 6.86. The van der Waals surface area contributed by atoms with Gasteiger partial charge in [-0.3, -0.25) is 0 Å². The molecule has 1 aromatic rings. The first-order chi connectivity index (χ1) is 8.42. The second-order valence-electron chi connectivity index (χ2n) is 5.38. The molecule has 1 aliphatic heterocycles. The molecule has 0 amide bonds. The van der Waals surface area contributed by atoms with Gasteiger partial charge in [0.2, 0.25) is 0 Å². The van der Waals surface area contributed by atoms with Crippen LogP contribution in [-0.2, 0) is 17.6 Å². The van der Waals surface area contributed by atoms with Crippen LogP contribution >= 0.6 is 0 Å². The maximum atomic E-state index is 5.68. The summed E-state index contributed by atoms with van der Waals surface area (Å²) in [5.41, 5.74) is 3.13. The summed E-state index contributed by atoms with van der Waals surface area (Å²) in [6.45, 7) is 2.14. The molecule has 3 rings (SSSR count). The van der Waals surface area contributed by atoms with Crippen molar-refractivity contribution in [2.75, 3.05) is 13.2 Å². The van der Waals surface area contributed by atoms with Crippen LogP contribution in [0.2, 0.25) is 0 Å². The molecule has 0 aromatic heterocycles. The number of quaternary nitrogens is 1. The number of fused-ring (bicyclic) bond motifs is 1. The average Bonchev–Trinajstić information content (AvgIpc) is 2.89. The van der Waals surface area contributed by atoms with Crippen LogP contribution in [0.15, 0.2) is 24.3 Å². The number of hydrogen-bond acceptors (Lipinski definition) is 1.